The number of aliphatic hydroxyl groups is 2. The maximum absolute atomic E-state index is 10.5. The standard InChI is InChI=1S/C36H50O3/c37-13-19(25-7-17-9-27(25)35-31-11-29(33(17)35)21-3-1-5-23(21)31)15-39-16-20(14-38)26-8-18-10-28(26)36-32-12-30(34(18)36)22-4-2-6-24(22)32/h15-18,21-38H,1-14H2. The molecule has 10 saturated carbocycles. The van der Waals surface area contributed by atoms with Gasteiger partial charge in [-0.1, -0.05) is 12.8 Å². The van der Waals surface area contributed by atoms with Crippen LogP contribution in [-0.2, 0) is 4.74 Å². The van der Waals surface area contributed by atoms with Gasteiger partial charge in [-0.2, -0.15) is 0 Å². The van der Waals surface area contributed by atoms with Crippen molar-refractivity contribution in [1.82, 2.24) is 0 Å². The van der Waals surface area contributed by atoms with Crippen molar-refractivity contribution in [2.75, 3.05) is 13.2 Å². The monoisotopic (exact) mass is 530 g/mol. The number of ether oxygens (including phenoxy) is 1. The van der Waals surface area contributed by atoms with Gasteiger partial charge in [0.05, 0.1) is 25.7 Å². The molecule has 3 heteroatoms. The molecular formula is C36H50O3. The molecule has 212 valence electrons. The summed E-state index contributed by atoms with van der Waals surface area (Å²) in [4.78, 5) is 0. The highest BCUT2D eigenvalue weighted by molar-refractivity contribution is 5.23. The van der Waals surface area contributed by atoms with Crippen molar-refractivity contribution in [2.24, 2.45) is 107 Å². The van der Waals surface area contributed by atoms with Gasteiger partial charge in [0.1, 0.15) is 0 Å². The maximum atomic E-state index is 10.5. The van der Waals surface area contributed by atoms with E-state index in [0.717, 1.165) is 106 Å². The van der Waals surface area contributed by atoms with Crippen LogP contribution in [0.4, 0.5) is 0 Å². The Kier molecular flexibility index (Phi) is 5.11. The molecule has 2 N–H and O–H groups in total. The first-order valence-corrected chi connectivity index (χ1v) is 17.5. The molecule has 10 fully saturated rings. The minimum absolute atomic E-state index is 0.136. The van der Waals surface area contributed by atoms with Crippen LogP contribution in [0.2, 0.25) is 0 Å². The second-order valence-electron chi connectivity index (χ2n) is 16.8. The molecule has 3 nitrogen and oxygen atoms in total. The molecule has 0 aromatic heterocycles. The van der Waals surface area contributed by atoms with Gasteiger partial charge in [0.15, 0.2) is 0 Å². The van der Waals surface area contributed by atoms with E-state index in [1.165, 1.54) is 77.0 Å². The van der Waals surface area contributed by atoms with Crippen LogP contribution in [0.3, 0.4) is 0 Å². The van der Waals surface area contributed by atoms with Gasteiger partial charge in [0.25, 0.3) is 0 Å². The fourth-order valence-electron chi connectivity index (χ4n) is 16.2. The molecule has 10 rings (SSSR count). The summed E-state index contributed by atoms with van der Waals surface area (Å²) in [5, 5.41) is 21.0. The van der Waals surface area contributed by atoms with E-state index >= 15 is 0 Å². The Balaban J connectivity index is 0.853. The van der Waals surface area contributed by atoms with E-state index in [2.05, 4.69) is 0 Å². The predicted molar refractivity (Wildman–Crippen MR) is 150 cm³/mol. The van der Waals surface area contributed by atoms with Crippen molar-refractivity contribution >= 4 is 0 Å². The molecule has 0 saturated heterocycles. The first-order valence-electron chi connectivity index (χ1n) is 17.5. The van der Waals surface area contributed by atoms with Gasteiger partial charge in [-0.25, -0.2) is 0 Å². The molecular weight excluding hydrogens is 480 g/mol. The van der Waals surface area contributed by atoms with Crippen LogP contribution in [0.1, 0.15) is 77.0 Å². The largest absolute Gasteiger partial charge is 0.473 e. The van der Waals surface area contributed by atoms with E-state index in [0.29, 0.717) is 11.8 Å². The topological polar surface area (TPSA) is 49.7 Å². The Hall–Kier alpha value is -0.800. The Labute approximate surface area is 235 Å². The fraction of sp³-hybridized carbons (Fsp3) is 0.889. The van der Waals surface area contributed by atoms with Gasteiger partial charge >= 0.3 is 0 Å². The lowest BCUT2D eigenvalue weighted by Crippen LogP contribution is -2.39. The Morgan fingerprint density at radius 1 is 0.487 bits per heavy atom. The third-order valence-electron chi connectivity index (χ3n) is 16.5. The molecule has 18 unspecified atom stereocenters. The normalized spacial score (nSPS) is 60.9. The Morgan fingerprint density at radius 2 is 0.897 bits per heavy atom. The molecule has 39 heavy (non-hydrogen) atoms. The van der Waals surface area contributed by atoms with Crippen molar-refractivity contribution in [1.29, 1.82) is 0 Å². The van der Waals surface area contributed by atoms with E-state index in [1.54, 1.807) is 0 Å². The molecule has 10 aliphatic carbocycles. The van der Waals surface area contributed by atoms with Crippen LogP contribution < -0.4 is 0 Å². The quantitative estimate of drug-likeness (QED) is 0.298. The summed E-state index contributed by atoms with van der Waals surface area (Å²) in [6, 6.07) is 0. The second kappa shape index (κ2) is 8.40. The summed E-state index contributed by atoms with van der Waals surface area (Å²) >= 11 is 0. The lowest BCUT2D eigenvalue weighted by atomic mass is 9.61. The van der Waals surface area contributed by atoms with E-state index in [-0.39, 0.29) is 13.2 Å². The summed E-state index contributed by atoms with van der Waals surface area (Å²) in [6.07, 6.45) is 21.4. The Morgan fingerprint density at radius 3 is 1.31 bits per heavy atom. The summed E-state index contributed by atoms with van der Waals surface area (Å²) in [7, 11) is 0. The van der Waals surface area contributed by atoms with Crippen molar-refractivity contribution < 1.29 is 14.9 Å². The SMILES string of the molecule is OCC(=COC=C(CO)C1CC2CC1C1C3CC(C4CCCC43)C21)C1CC2CC1C1C3CC(C4CCCC43)C21. The van der Waals surface area contributed by atoms with Crippen molar-refractivity contribution in [2.45, 2.75) is 77.0 Å². The van der Waals surface area contributed by atoms with Gasteiger partial charge in [0.2, 0.25) is 0 Å². The summed E-state index contributed by atoms with van der Waals surface area (Å²) in [6.45, 7) is 0.272. The van der Waals surface area contributed by atoms with Gasteiger partial charge in [-0.3, -0.25) is 0 Å². The van der Waals surface area contributed by atoms with E-state index < -0.39 is 0 Å². The first kappa shape index (κ1) is 23.7. The van der Waals surface area contributed by atoms with Crippen LogP contribution in [0.15, 0.2) is 23.7 Å². The summed E-state index contributed by atoms with van der Waals surface area (Å²) in [5.41, 5.74) is 2.29. The third-order valence-corrected chi connectivity index (χ3v) is 16.5. The van der Waals surface area contributed by atoms with Crippen LogP contribution in [0.25, 0.3) is 0 Å². The van der Waals surface area contributed by atoms with Gasteiger partial charge in [0, 0.05) is 0 Å². The zero-order valence-corrected chi connectivity index (χ0v) is 23.7. The highest BCUT2D eigenvalue weighted by Gasteiger charge is 2.69. The van der Waals surface area contributed by atoms with Gasteiger partial charge in [-0.05, 0) is 182 Å². The average Bonchev–Trinajstić information content (AvgIpc) is 3.80. The molecule has 0 heterocycles. The van der Waals surface area contributed by atoms with Crippen LogP contribution in [0.5, 0.6) is 0 Å². The van der Waals surface area contributed by atoms with Gasteiger partial charge < -0.3 is 14.9 Å². The number of aliphatic hydroxyl groups excluding tert-OH is 2. The predicted octanol–water partition coefficient (Wildman–Crippen LogP) is 6.66. The number of hydrogen-bond acceptors (Lipinski definition) is 3. The van der Waals surface area contributed by atoms with E-state index in [1.807, 2.05) is 12.5 Å². The molecule has 0 aromatic rings. The molecule has 0 amide bonds. The lowest BCUT2D eigenvalue weighted by molar-refractivity contribution is 0.0506. The molecule has 0 radical (unpaired) electrons. The van der Waals surface area contributed by atoms with Crippen molar-refractivity contribution in [3.8, 4) is 0 Å². The summed E-state index contributed by atoms with van der Waals surface area (Å²) < 4.78 is 6.22. The Bertz CT molecular complexity index is 1010. The second-order valence-corrected chi connectivity index (χ2v) is 16.8. The lowest BCUT2D eigenvalue weighted by Gasteiger charge is -2.44. The highest BCUT2D eigenvalue weighted by atomic mass is 16.5. The molecule has 0 aliphatic heterocycles. The van der Waals surface area contributed by atoms with Crippen LogP contribution >= 0.6 is 0 Å². The summed E-state index contributed by atoms with van der Waals surface area (Å²) in [5.74, 6) is 16.7. The minimum atomic E-state index is 0.136. The van der Waals surface area contributed by atoms with Gasteiger partial charge in [-0.15, -0.1) is 0 Å². The van der Waals surface area contributed by atoms with Crippen LogP contribution in [0, 0.1) is 107 Å². The number of hydrogen-bond donors (Lipinski definition) is 2. The molecule has 8 bridgehead atoms. The van der Waals surface area contributed by atoms with Crippen molar-refractivity contribution in [3.05, 3.63) is 23.7 Å². The number of rotatable bonds is 6. The molecule has 18 atom stereocenters. The number of fused-ring (bicyclic) bond motifs is 24. The van der Waals surface area contributed by atoms with Crippen LogP contribution in [-0.4, -0.2) is 23.4 Å². The van der Waals surface area contributed by atoms with Crippen molar-refractivity contribution in [3.63, 3.8) is 0 Å². The molecule has 10 aliphatic rings. The van der Waals surface area contributed by atoms with E-state index in [4.69, 9.17) is 4.74 Å². The zero-order valence-electron chi connectivity index (χ0n) is 23.7. The average molecular weight is 531 g/mol. The van der Waals surface area contributed by atoms with E-state index in [9.17, 15) is 10.2 Å². The third kappa shape index (κ3) is 2.94. The maximum Gasteiger partial charge on any atom is 0.0919 e. The molecule has 0 spiro atoms. The fourth-order valence-corrected chi connectivity index (χ4v) is 16.2. The highest BCUT2D eigenvalue weighted by Crippen LogP contribution is 2.75. The smallest absolute Gasteiger partial charge is 0.0919 e. The zero-order chi connectivity index (χ0) is 25.6. The molecule has 0 aromatic carbocycles. The minimum Gasteiger partial charge on any atom is -0.473 e. The first-order chi connectivity index (χ1) is 19.2.